The second-order valence-corrected chi connectivity index (χ2v) is 12.2. The van der Waals surface area contributed by atoms with Crippen LogP contribution in [0.25, 0.3) is 10.9 Å². The molecule has 0 bridgehead atoms. The molecule has 1 aliphatic heterocycles. The summed E-state index contributed by atoms with van der Waals surface area (Å²) in [7, 11) is -0.618. The van der Waals surface area contributed by atoms with Gasteiger partial charge in [0.05, 0.1) is 23.5 Å². The number of hydrogen-bond acceptors (Lipinski definition) is 8. The molecule has 4 aromatic rings. The monoisotopic (exact) mass is 562 g/mol. The number of aromatic nitrogens is 3. The maximum Gasteiger partial charge on any atom is 0.229 e. The van der Waals surface area contributed by atoms with E-state index in [0.29, 0.717) is 22.8 Å². The molecule has 202 valence electrons. The van der Waals surface area contributed by atoms with E-state index in [1.165, 1.54) is 0 Å². The van der Waals surface area contributed by atoms with Crippen LogP contribution in [0.15, 0.2) is 67.0 Å². The molecule has 1 aliphatic carbocycles. The number of anilines is 4. The van der Waals surface area contributed by atoms with Gasteiger partial charge in [-0.3, -0.25) is 14.1 Å². The number of hydrogen-bond donors (Lipinski definition) is 2. The fourth-order valence-corrected chi connectivity index (χ4v) is 6.55. The number of nitrogens with zero attached hydrogens (tertiary/aromatic N) is 4. The Balaban J connectivity index is 1.02. The minimum absolute atomic E-state index is 0.241. The van der Waals surface area contributed by atoms with Gasteiger partial charge in [-0.25, -0.2) is 4.98 Å². The number of halogens is 1. The molecule has 0 atom stereocenters. The van der Waals surface area contributed by atoms with Crippen LogP contribution < -0.4 is 15.4 Å². The summed E-state index contributed by atoms with van der Waals surface area (Å²) >= 11 is 6.13. The Morgan fingerprint density at radius 1 is 0.897 bits per heavy atom. The van der Waals surface area contributed by atoms with Crippen LogP contribution in [0, 0.1) is 0 Å². The smallest absolute Gasteiger partial charge is 0.229 e. The number of rotatable bonds is 7. The first kappa shape index (κ1) is 26.0. The van der Waals surface area contributed by atoms with Crippen LogP contribution in [0.4, 0.5) is 23.1 Å². The summed E-state index contributed by atoms with van der Waals surface area (Å²) in [6.07, 6.45) is 8.11. The van der Waals surface area contributed by atoms with E-state index < -0.39 is 10.8 Å². The molecular weight excluding hydrogens is 532 g/mol. The molecule has 0 spiro atoms. The van der Waals surface area contributed by atoms with Crippen molar-refractivity contribution < 1.29 is 8.95 Å². The first-order chi connectivity index (χ1) is 19.1. The van der Waals surface area contributed by atoms with Crippen molar-refractivity contribution in [2.45, 2.75) is 37.8 Å². The Bertz CT molecular complexity index is 1450. The number of ether oxygens (including phenoxy) is 1. The third-order valence-electron chi connectivity index (χ3n) is 7.36. The van der Waals surface area contributed by atoms with E-state index in [0.717, 1.165) is 78.3 Å². The van der Waals surface area contributed by atoms with Crippen molar-refractivity contribution in [1.82, 2.24) is 19.9 Å². The molecule has 1 saturated heterocycles. The molecule has 8 nitrogen and oxygen atoms in total. The van der Waals surface area contributed by atoms with Gasteiger partial charge >= 0.3 is 0 Å². The minimum Gasteiger partial charge on any atom is -0.490 e. The van der Waals surface area contributed by atoms with E-state index in [1.807, 2.05) is 54.6 Å². The maximum absolute atomic E-state index is 11.6. The predicted molar refractivity (Wildman–Crippen MR) is 158 cm³/mol. The first-order valence-electron chi connectivity index (χ1n) is 13.4. The van der Waals surface area contributed by atoms with Crippen LogP contribution in [0.3, 0.4) is 0 Å². The third kappa shape index (κ3) is 6.66. The summed E-state index contributed by atoms with van der Waals surface area (Å²) in [5, 5.41) is 8.18. The topological polar surface area (TPSA) is 92.3 Å². The maximum atomic E-state index is 11.6. The van der Waals surface area contributed by atoms with Gasteiger partial charge in [0, 0.05) is 63.7 Å². The molecule has 2 aromatic heterocycles. The Morgan fingerprint density at radius 3 is 2.49 bits per heavy atom. The fraction of sp³-hybridized carbons (Fsp3) is 0.345. The molecule has 6 rings (SSSR count). The molecule has 1 saturated carbocycles. The van der Waals surface area contributed by atoms with E-state index in [2.05, 4.69) is 30.5 Å². The molecule has 2 fully saturated rings. The summed E-state index contributed by atoms with van der Waals surface area (Å²) < 4.78 is 17.9. The van der Waals surface area contributed by atoms with Crippen molar-refractivity contribution in [3.63, 3.8) is 0 Å². The normalized spacial score (nSPS) is 20.5. The third-order valence-corrected chi connectivity index (χ3v) is 8.87. The van der Waals surface area contributed by atoms with Crippen molar-refractivity contribution >= 4 is 56.4 Å². The molecule has 2 aromatic carbocycles. The average molecular weight is 563 g/mol. The number of nitrogens with one attached hydrogen (secondary N) is 2. The lowest BCUT2D eigenvalue weighted by atomic mass is 9.91. The van der Waals surface area contributed by atoms with Gasteiger partial charge in [0.2, 0.25) is 5.95 Å². The number of fused-ring (bicyclic) bond motifs is 1. The van der Waals surface area contributed by atoms with Gasteiger partial charge in [-0.2, -0.15) is 4.98 Å². The molecule has 0 amide bonds. The first-order valence-corrected chi connectivity index (χ1v) is 15.2. The second kappa shape index (κ2) is 11.9. The van der Waals surface area contributed by atoms with Crippen LogP contribution >= 0.6 is 11.6 Å². The fourth-order valence-electron chi connectivity index (χ4n) is 5.29. The van der Waals surface area contributed by atoms with Gasteiger partial charge in [-0.1, -0.05) is 11.6 Å². The lowest BCUT2D eigenvalue weighted by Crippen LogP contribution is -2.46. The highest BCUT2D eigenvalue weighted by Gasteiger charge is 2.28. The van der Waals surface area contributed by atoms with E-state index in [9.17, 15) is 4.21 Å². The van der Waals surface area contributed by atoms with Crippen molar-refractivity contribution in [3.05, 3.63) is 72.0 Å². The average Bonchev–Trinajstić information content (AvgIpc) is 2.95. The van der Waals surface area contributed by atoms with Crippen molar-refractivity contribution in [1.29, 1.82) is 0 Å². The summed E-state index contributed by atoms with van der Waals surface area (Å²) in [6, 6.07) is 18.0. The quantitative estimate of drug-likeness (QED) is 0.287. The van der Waals surface area contributed by atoms with Crippen molar-refractivity contribution in [2.24, 2.45) is 0 Å². The minimum atomic E-state index is -0.618. The summed E-state index contributed by atoms with van der Waals surface area (Å²) in [5.41, 5.74) is 2.58. The zero-order valence-corrected chi connectivity index (χ0v) is 23.1. The van der Waals surface area contributed by atoms with Crippen LogP contribution in [-0.2, 0) is 10.8 Å². The van der Waals surface area contributed by atoms with Gasteiger partial charge in [0.1, 0.15) is 11.6 Å². The largest absolute Gasteiger partial charge is 0.490 e. The lowest BCUT2D eigenvalue weighted by molar-refractivity contribution is 0.0928. The van der Waals surface area contributed by atoms with Gasteiger partial charge in [-0.15, -0.1) is 0 Å². The zero-order chi connectivity index (χ0) is 26.6. The van der Waals surface area contributed by atoms with Crippen LogP contribution in [-0.4, -0.2) is 60.8 Å². The van der Waals surface area contributed by atoms with Crippen LogP contribution in [0.2, 0.25) is 5.02 Å². The molecule has 0 radical (unpaired) electrons. The van der Waals surface area contributed by atoms with Gasteiger partial charge in [-0.05, 0) is 80.3 Å². The number of benzene rings is 2. The second-order valence-electron chi connectivity index (χ2n) is 10.0. The predicted octanol–water partition coefficient (Wildman–Crippen LogP) is 5.92. The van der Waals surface area contributed by atoms with E-state index in [-0.39, 0.29) is 6.10 Å². The SMILES string of the molecule is O=S1CCN(C2CCC(Oc3ccc(Nc4nccc(Nc5cnc6ccc(Cl)cc6c5)n4)cc3)CC2)CC1. The van der Waals surface area contributed by atoms with Crippen LogP contribution in [0.5, 0.6) is 5.75 Å². The van der Waals surface area contributed by atoms with Gasteiger partial charge in [0.25, 0.3) is 0 Å². The van der Waals surface area contributed by atoms with Gasteiger partial charge in [0.15, 0.2) is 0 Å². The Hall–Kier alpha value is -3.27. The van der Waals surface area contributed by atoms with E-state index in [4.69, 9.17) is 16.3 Å². The molecule has 10 heteroatoms. The Labute approximate surface area is 235 Å². The highest BCUT2D eigenvalue weighted by atomic mass is 35.5. The van der Waals surface area contributed by atoms with E-state index >= 15 is 0 Å². The standard InChI is InChI=1S/C29H31ClN6O2S/c30-21-1-10-27-20(17-21)18-23(19-32-27)33-28-11-12-31-29(35-28)34-22-2-6-25(7-3-22)38-26-8-4-24(5-9-26)36-13-15-39(37)16-14-36/h1-3,6-7,10-12,17-19,24,26H,4-5,8-9,13-16H2,(H2,31,33,34,35). The zero-order valence-electron chi connectivity index (χ0n) is 21.6. The van der Waals surface area contributed by atoms with E-state index in [1.54, 1.807) is 12.4 Å². The highest BCUT2D eigenvalue weighted by molar-refractivity contribution is 7.85. The number of pyridine rings is 1. The Kier molecular flexibility index (Phi) is 7.90. The molecule has 0 unspecified atom stereocenters. The van der Waals surface area contributed by atoms with Gasteiger partial charge < -0.3 is 15.4 Å². The lowest BCUT2D eigenvalue weighted by Gasteiger charge is -2.38. The molecule has 39 heavy (non-hydrogen) atoms. The summed E-state index contributed by atoms with van der Waals surface area (Å²) in [5.74, 6) is 3.66. The Morgan fingerprint density at radius 2 is 1.69 bits per heavy atom. The molecule has 2 aliphatic rings. The molecule has 3 heterocycles. The summed E-state index contributed by atoms with van der Waals surface area (Å²) in [6.45, 7) is 1.94. The van der Waals surface area contributed by atoms with Crippen LogP contribution in [0.1, 0.15) is 25.7 Å². The molecular formula is C29H31ClN6O2S. The van der Waals surface area contributed by atoms with Crippen molar-refractivity contribution in [2.75, 3.05) is 35.2 Å². The molecule has 2 N–H and O–H groups in total. The van der Waals surface area contributed by atoms with Crippen molar-refractivity contribution in [3.8, 4) is 5.75 Å². The summed E-state index contributed by atoms with van der Waals surface area (Å²) in [4.78, 5) is 16.0. The highest BCUT2D eigenvalue weighted by Crippen LogP contribution is 2.29.